The number of piperidine rings is 1. The number of rotatable bonds is 5. The number of benzene rings is 1. The summed E-state index contributed by atoms with van der Waals surface area (Å²) in [6, 6.07) is 13.0. The second-order valence-electron chi connectivity index (χ2n) is 7.09. The fourth-order valence-electron chi connectivity index (χ4n) is 3.71. The van der Waals surface area contributed by atoms with E-state index in [1.807, 2.05) is 47.4 Å². The van der Waals surface area contributed by atoms with Crippen LogP contribution >= 0.6 is 0 Å². The molecule has 1 aliphatic rings. The Morgan fingerprint density at radius 2 is 1.83 bits per heavy atom. The summed E-state index contributed by atoms with van der Waals surface area (Å²) >= 11 is 0. The smallest absolute Gasteiger partial charge is 0.287 e. The number of nitrogens with zero attached hydrogens (tertiary/aromatic N) is 3. The molecule has 7 nitrogen and oxygen atoms in total. The average Bonchev–Trinajstić information content (AvgIpc) is 3.17. The zero-order valence-corrected chi connectivity index (χ0v) is 16.4. The summed E-state index contributed by atoms with van der Waals surface area (Å²) in [5, 5.41) is 2.89. The van der Waals surface area contributed by atoms with Crippen molar-refractivity contribution in [3.63, 3.8) is 0 Å². The van der Waals surface area contributed by atoms with Gasteiger partial charge in [-0.05, 0) is 37.5 Å². The molecule has 0 saturated carbocycles. The van der Waals surface area contributed by atoms with Crippen LogP contribution < -0.4 is 10.1 Å². The molecular weight excluding hydrogens is 368 g/mol. The highest BCUT2D eigenvalue weighted by molar-refractivity contribution is 6.02. The van der Waals surface area contributed by atoms with Crippen molar-refractivity contribution < 1.29 is 14.3 Å². The molecule has 150 valence electrons. The number of fused-ring (bicyclic) bond motifs is 1. The van der Waals surface area contributed by atoms with Crippen LogP contribution in [0.1, 0.15) is 45.9 Å². The number of hydrogen-bond donors (Lipinski definition) is 1. The number of hydrogen-bond acceptors (Lipinski definition) is 4. The molecule has 0 bridgehead atoms. The molecule has 1 aliphatic heterocycles. The molecule has 1 aromatic carbocycles. The van der Waals surface area contributed by atoms with Gasteiger partial charge < -0.3 is 15.0 Å². The van der Waals surface area contributed by atoms with E-state index in [0.717, 1.165) is 37.9 Å². The number of carbonyl (C=O) groups is 2. The molecule has 29 heavy (non-hydrogen) atoms. The molecule has 1 N–H and O–H groups in total. The lowest BCUT2D eigenvalue weighted by Crippen LogP contribution is -2.36. The van der Waals surface area contributed by atoms with Crippen molar-refractivity contribution in [3.05, 3.63) is 65.7 Å². The summed E-state index contributed by atoms with van der Waals surface area (Å²) in [6.45, 7) is 1.78. The van der Waals surface area contributed by atoms with Gasteiger partial charge in [-0.15, -0.1) is 0 Å². The third-order valence-corrected chi connectivity index (χ3v) is 5.23. The normalized spacial score (nSPS) is 14.0. The van der Waals surface area contributed by atoms with Gasteiger partial charge in [0.05, 0.1) is 12.6 Å². The molecule has 0 spiro atoms. The van der Waals surface area contributed by atoms with Gasteiger partial charge in [0.25, 0.3) is 11.8 Å². The van der Waals surface area contributed by atoms with Gasteiger partial charge in [0, 0.05) is 31.4 Å². The van der Waals surface area contributed by atoms with Crippen LogP contribution in [0.4, 0.5) is 0 Å². The SMILES string of the molecule is COc1ccccc1CNC(=O)c1nc(C(=O)N2CCCCC2)c2ccccn12. The zero-order valence-electron chi connectivity index (χ0n) is 16.4. The summed E-state index contributed by atoms with van der Waals surface area (Å²) in [6.07, 6.45) is 4.91. The van der Waals surface area contributed by atoms with E-state index in [9.17, 15) is 9.59 Å². The third kappa shape index (κ3) is 3.81. The van der Waals surface area contributed by atoms with Gasteiger partial charge in [0.2, 0.25) is 5.82 Å². The van der Waals surface area contributed by atoms with Crippen molar-refractivity contribution >= 4 is 17.3 Å². The van der Waals surface area contributed by atoms with Crippen molar-refractivity contribution in [1.29, 1.82) is 0 Å². The Morgan fingerprint density at radius 3 is 2.62 bits per heavy atom. The van der Waals surface area contributed by atoms with Crippen LogP contribution in [0.3, 0.4) is 0 Å². The number of methoxy groups -OCH3 is 1. The van der Waals surface area contributed by atoms with Gasteiger partial charge in [-0.25, -0.2) is 4.98 Å². The zero-order chi connectivity index (χ0) is 20.2. The Morgan fingerprint density at radius 1 is 1.07 bits per heavy atom. The molecular formula is C22H24N4O3. The maximum Gasteiger partial charge on any atom is 0.287 e. The van der Waals surface area contributed by atoms with E-state index in [1.165, 1.54) is 0 Å². The van der Waals surface area contributed by atoms with E-state index in [2.05, 4.69) is 10.3 Å². The Hall–Kier alpha value is -3.35. The molecule has 1 saturated heterocycles. The quantitative estimate of drug-likeness (QED) is 0.724. The number of aromatic nitrogens is 2. The topological polar surface area (TPSA) is 75.9 Å². The first-order chi connectivity index (χ1) is 14.2. The fraction of sp³-hybridized carbons (Fsp3) is 0.318. The maximum atomic E-state index is 13.0. The van der Waals surface area contributed by atoms with E-state index in [1.54, 1.807) is 17.7 Å². The van der Waals surface area contributed by atoms with Gasteiger partial charge in [0.15, 0.2) is 5.69 Å². The van der Waals surface area contributed by atoms with Crippen LogP contribution in [-0.4, -0.2) is 46.3 Å². The van der Waals surface area contributed by atoms with E-state index >= 15 is 0 Å². The summed E-state index contributed by atoms with van der Waals surface area (Å²) in [7, 11) is 1.60. The largest absolute Gasteiger partial charge is 0.496 e. The molecule has 0 unspecified atom stereocenters. The van der Waals surface area contributed by atoms with Crippen LogP contribution in [0, 0.1) is 0 Å². The summed E-state index contributed by atoms with van der Waals surface area (Å²) < 4.78 is 7.01. The van der Waals surface area contributed by atoms with Crippen LogP contribution in [0.2, 0.25) is 0 Å². The third-order valence-electron chi connectivity index (χ3n) is 5.23. The number of para-hydroxylation sites is 1. The highest BCUT2D eigenvalue weighted by atomic mass is 16.5. The number of carbonyl (C=O) groups excluding carboxylic acids is 2. The van der Waals surface area contributed by atoms with Crippen LogP contribution in [0.5, 0.6) is 5.75 Å². The predicted molar refractivity (Wildman–Crippen MR) is 109 cm³/mol. The summed E-state index contributed by atoms with van der Waals surface area (Å²) in [5.74, 6) is 0.463. The number of pyridine rings is 1. The Labute approximate surface area is 169 Å². The maximum absolute atomic E-state index is 13.0. The van der Waals surface area contributed by atoms with Crippen molar-refractivity contribution in [2.24, 2.45) is 0 Å². The van der Waals surface area contributed by atoms with E-state index < -0.39 is 0 Å². The number of imidazole rings is 1. The summed E-state index contributed by atoms with van der Waals surface area (Å²) in [4.78, 5) is 32.2. The molecule has 3 heterocycles. The predicted octanol–water partition coefficient (Wildman–Crippen LogP) is 2.90. The van der Waals surface area contributed by atoms with Gasteiger partial charge in [-0.2, -0.15) is 0 Å². The lowest BCUT2D eigenvalue weighted by Gasteiger charge is -2.25. The molecule has 0 atom stereocenters. The molecule has 1 fully saturated rings. The second kappa shape index (κ2) is 8.34. The number of ether oxygens (including phenoxy) is 1. The van der Waals surface area contributed by atoms with E-state index in [0.29, 0.717) is 23.5 Å². The lowest BCUT2D eigenvalue weighted by atomic mass is 10.1. The molecule has 0 radical (unpaired) electrons. The molecule has 3 aromatic rings. The minimum atomic E-state index is -0.338. The number of amides is 2. The molecule has 0 aliphatic carbocycles. The second-order valence-corrected chi connectivity index (χ2v) is 7.09. The first-order valence-corrected chi connectivity index (χ1v) is 9.85. The Balaban J connectivity index is 1.60. The highest BCUT2D eigenvalue weighted by Crippen LogP contribution is 2.19. The molecule has 2 amide bonds. The van der Waals surface area contributed by atoms with Crippen LogP contribution in [0.25, 0.3) is 5.52 Å². The highest BCUT2D eigenvalue weighted by Gasteiger charge is 2.26. The molecule has 4 rings (SSSR count). The number of likely N-dealkylation sites (tertiary alicyclic amines) is 1. The minimum absolute atomic E-state index is 0.114. The lowest BCUT2D eigenvalue weighted by molar-refractivity contribution is 0.0721. The van der Waals surface area contributed by atoms with Crippen LogP contribution in [0.15, 0.2) is 48.7 Å². The molecule has 7 heteroatoms. The number of nitrogens with one attached hydrogen (secondary N) is 1. The van der Waals surface area contributed by atoms with Gasteiger partial charge >= 0.3 is 0 Å². The standard InChI is InChI=1S/C22H24N4O3/c1-29-18-11-4-3-9-16(18)15-23-21(27)20-24-19(17-10-5-8-14-26(17)20)22(28)25-12-6-2-7-13-25/h3-5,8-11,14H,2,6-7,12-13,15H2,1H3,(H,23,27). The Kier molecular flexibility index (Phi) is 5.46. The van der Waals surface area contributed by atoms with E-state index in [4.69, 9.17) is 4.74 Å². The van der Waals surface area contributed by atoms with Gasteiger partial charge in [-0.3, -0.25) is 14.0 Å². The first-order valence-electron chi connectivity index (χ1n) is 9.85. The van der Waals surface area contributed by atoms with Crippen molar-refractivity contribution in [1.82, 2.24) is 19.6 Å². The monoisotopic (exact) mass is 392 g/mol. The van der Waals surface area contributed by atoms with Crippen molar-refractivity contribution in [3.8, 4) is 5.75 Å². The van der Waals surface area contributed by atoms with Gasteiger partial charge in [0.1, 0.15) is 5.75 Å². The fourth-order valence-corrected chi connectivity index (χ4v) is 3.71. The minimum Gasteiger partial charge on any atom is -0.496 e. The van der Waals surface area contributed by atoms with Gasteiger partial charge in [-0.1, -0.05) is 24.3 Å². The molecule has 2 aromatic heterocycles. The van der Waals surface area contributed by atoms with E-state index in [-0.39, 0.29) is 17.6 Å². The van der Waals surface area contributed by atoms with Crippen molar-refractivity contribution in [2.45, 2.75) is 25.8 Å². The Bertz CT molecular complexity index is 1040. The first kappa shape index (κ1) is 19.0. The van der Waals surface area contributed by atoms with Crippen molar-refractivity contribution in [2.75, 3.05) is 20.2 Å². The average molecular weight is 392 g/mol. The summed E-state index contributed by atoms with van der Waals surface area (Å²) in [5.41, 5.74) is 1.84. The van der Waals surface area contributed by atoms with Crippen LogP contribution in [-0.2, 0) is 6.54 Å².